The van der Waals surface area contributed by atoms with Crippen LogP contribution in [0.25, 0.3) is 0 Å². The number of anilines is 2. The number of carbonyl (C=O) groups is 4. The van der Waals surface area contributed by atoms with E-state index < -0.39 is 23.7 Å². The second-order valence-corrected chi connectivity index (χ2v) is 15.8. The molecular weight excluding hydrogens is 721 g/mol. The molecule has 4 aliphatic rings. The first-order chi connectivity index (χ1) is 24.1. The van der Waals surface area contributed by atoms with Gasteiger partial charge in [0, 0.05) is 37.3 Å². The van der Waals surface area contributed by atoms with Crippen LogP contribution >= 0.6 is 46.3 Å². The van der Waals surface area contributed by atoms with Crippen LogP contribution in [0.1, 0.15) is 40.1 Å². The van der Waals surface area contributed by atoms with E-state index in [1.807, 2.05) is 0 Å². The van der Waals surface area contributed by atoms with E-state index in [1.54, 1.807) is 85.4 Å². The van der Waals surface area contributed by atoms with E-state index in [0.29, 0.717) is 44.7 Å². The molecule has 2 N–H and O–H groups in total. The van der Waals surface area contributed by atoms with Gasteiger partial charge in [0.25, 0.3) is 5.91 Å². The average molecular weight is 751 g/mol. The first-order valence-corrected chi connectivity index (χ1v) is 18.6. The number of ether oxygens (including phenoxy) is 2. The molecular formula is C36H29Cl2N3O7S2. The molecule has 4 unspecified atom stereocenters. The van der Waals surface area contributed by atoms with E-state index in [2.05, 4.69) is 10.3 Å². The number of halogens is 2. The molecule has 0 spiro atoms. The van der Waals surface area contributed by atoms with Crippen molar-refractivity contribution in [3.8, 4) is 5.75 Å². The first kappa shape index (κ1) is 33.1. The number of hydrogen-bond acceptors (Lipinski definition) is 9. The Hall–Kier alpha value is -4.10. The molecule has 50 heavy (non-hydrogen) atoms. The van der Waals surface area contributed by atoms with E-state index >= 15 is 0 Å². The van der Waals surface area contributed by atoms with Gasteiger partial charge in [0.2, 0.25) is 11.8 Å². The van der Waals surface area contributed by atoms with Crippen LogP contribution in [0.4, 0.5) is 11.4 Å². The Morgan fingerprint density at radius 1 is 0.940 bits per heavy atom. The Kier molecular flexibility index (Phi) is 8.53. The summed E-state index contributed by atoms with van der Waals surface area (Å²) in [6.45, 7) is 1.67. The monoisotopic (exact) mass is 749 g/mol. The number of aromatic nitrogens is 1. The SMILES string of the molecule is CCOC(=O)c1ccc(NC(=O)COc2ccc(Cl)cc2[C@H]2c3sc(=O)[nH]c3SC3C2[C@H]2C[C@@H]3C3C(=O)N(c4ccc(Cl)cc4)C(=O)C32)cc1. The van der Waals surface area contributed by atoms with Crippen LogP contribution in [0, 0.1) is 29.6 Å². The summed E-state index contributed by atoms with van der Waals surface area (Å²) in [7, 11) is 0. The first-order valence-electron chi connectivity index (χ1n) is 16.1. The molecule has 256 valence electrons. The molecule has 8 rings (SSSR count). The molecule has 3 fully saturated rings. The number of nitrogens with zero attached hydrogens (tertiary/aromatic N) is 1. The molecule has 2 bridgehead atoms. The van der Waals surface area contributed by atoms with Crippen LogP contribution in [0.15, 0.2) is 76.6 Å². The summed E-state index contributed by atoms with van der Waals surface area (Å²) in [6, 6.07) is 18.3. The summed E-state index contributed by atoms with van der Waals surface area (Å²) in [5.74, 6) is -2.43. The molecule has 4 aromatic rings. The van der Waals surface area contributed by atoms with Gasteiger partial charge >= 0.3 is 10.8 Å². The zero-order chi connectivity index (χ0) is 34.8. The van der Waals surface area contributed by atoms with Gasteiger partial charge in [0.1, 0.15) is 5.75 Å². The highest BCUT2D eigenvalue weighted by molar-refractivity contribution is 8.00. The minimum absolute atomic E-state index is 0.0429. The van der Waals surface area contributed by atoms with E-state index in [9.17, 15) is 24.0 Å². The highest BCUT2D eigenvalue weighted by Gasteiger charge is 2.69. The zero-order valence-corrected chi connectivity index (χ0v) is 29.5. The lowest BCUT2D eigenvalue weighted by molar-refractivity contribution is -0.123. The third-order valence-corrected chi connectivity index (χ3v) is 13.2. The van der Waals surface area contributed by atoms with Crippen molar-refractivity contribution in [1.29, 1.82) is 0 Å². The highest BCUT2D eigenvalue weighted by atomic mass is 35.5. The van der Waals surface area contributed by atoms with Crippen molar-refractivity contribution < 1.29 is 28.7 Å². The zero-order valence-electron chi connectivity index (χ0n) is 26.4. The van der Waals surface area contributed by atoms with Crippen molar-refractivity contribution in [2.75, 3.05) is 23.4 Å². The number of thiazole rings is 1. The Balaban J connectivity index is 1.08. The van der Waals surface area contributed by atoms with Gasteiger partial charge in [-0.05, 0) is 97.8 Å². The van der Waals surface area contributed by atoms with Crippen LogP contribution < -0.4 is 19.8 Å². The van der Waals surface area contributed by atoms with Crippen molar-refractivity contribution >= 4 is 81.4 Å². The maximum Gasteiger partial charge on any atom is 0.338 e. The number of esters is 1. The summed E-state index contributed by atoms with van der Waals surface area (Å²) in [6.07, 6.45) is 0.716. The van der Waals surface area contributed by atoms with Crippen LogP contribution in [0.5, 0.6) is 5.75 Å². The van der Waals surface area contributed by atoms with E-state index in [1.165, 1.54) is 4.90 Å². The summed E-state index contributed by atoms with van der Waals surface area (Å²) < 4.78 is 11.2. The number of carbonyl (C=O) groups excluding carboxylic acids is 4. The number of aromatic amines is 1. The lowest BCUT2D eigenvalue weighted by Gasteiger charge is -2.43. The van der Waals surface area contributed by atoms with Crippen molar-refractivity contribution in [3.63, 3.8) is 0 Å². The van der Waals surface area contributed by atoms with E-state index in [0.717, 1.165) is 21.2 Å². The van der Waals surface area contributed by atoms with Gasteiger partial charge in [-0.15, -0.1) is 11.8 Å². The molecule has 1 aromatic heterocycles. The third-order valence-electron chi connectivity index (χ3n) is 10.2. The molecule has 2 aliphatic heterocycles. The molecule has 3 heterocycles. The minimum atomic E-state index is -0.491. The van der Waals surface area contributed by atoms with E-state index in [4.69, 9.17) is 32.7 Å². The molecule has 14 heteroatoms. The Morgan fingerprint density at radius 3 is 2.36 bits per heavy atom. The second kappa shape index (κ2) is 12.9. The summed E-state index contributed by atoms with van der Waals surface area (Å²) in [4.78, 5) is 70.7. The molecule has 3 aromatic carbocycles. The van der Waals surface area contributed by atoms with Gasteiger partial charge in [-0.3, -0.25) is 24.1 Å². The Labute approximate surface area is 304 Å². The van der Waals surface area contributed by atoms with Gasteiger partial charge in [-0.1, -0.05) is 34.5 Å². The molecule has 1 saturated heterocycles. The van der Waals surface area contributed by atoms with Gasteiger partial charge in [0.05, 0.1) is 34.7 Å². The van der Waals surface area contributed by atoms with Gasteiger partial charge in [-0.25, -0.2) is 4.79 Å². The number of imide groups is 1. The van der Waals surface area contributed by atoms with Crippen LogP contribution in [-0.2, 0) is 19.1 Å². The van der Waals surface area contributed by atoms with Crippen molar-refractivity contribution in [1.82, 2.24) is 4.98 Å². The standard InChI is InChI=1S/C36H29Cl2N3O7S2/c1-2-47-35(45)16-3-8-19(9-4-16)39-25(42)15-48-24-12-7-18(38)13-21(24)26-27-22-14-23(30(27)49-32-31(26)50-36(46)40-32)29-28(22)33(43)41(34(29)44)20-10-5-17(37)6-11-20/h3-13,22-23,26-30H,2,14-15H2,1H3,(H,39,42)(H,40,46)/t22-,23-,26-,27?,28?,29?,30?/m1/s1. The quantitative estimate of drug-likeness (QED) is 0.152. The number of amides is 3. The topological polar surface area (TPSA) is 135 Å². The average Bonchev–Trinajstić information content (AvgIpc) is 3.84. The fourth-order valence-electron chi connectivity index (χ4n) is 8.35. The molecule has 2 saturated carbocycles. The number of H-pyrrole nitrogens is 1. The number of hydrogen-bond donors (Lipinski definition) is 2. The molecule has 7 atom stereocenters. The molecule has 3 amide bonds. The summed E-state index contributed by atoms with van der Waals surface area (Å²) in [5.41, 5.74) is 2.08. The number of thioether (sulfide) groups is 1. The van der Waals surface area contributed by atoms with Crippen molar-refractivity contribution in [2.45, 2.75) is 29.5 Å². The third kappa shape index (κ3) is 5.53. The smallest absolute Gasteiger partial charge is 0.338 e. The molecule has 10 nitrogen and oxygen atoms in total. The van der Waals surface area contributed by atoms with Gasteiger partial charge in [-0.2, -0.15) is 0 Å². The maximum absolute atomic E-state index is 14.1. The van der Waals surface area contributed by atoms with Gasteiger partial charge in [0.15, 0.2) is 6.61 Å². The van der Waals surface area contributed by atoms with Crippen LogP contribution in [-0.4, -0.2) is 47.1 Å². The van der Waals surface area contributed by atoms with Crippen molar-refractivity contribution in [3.05, 3.63) is 102 Å². The van der Waals surface area contributed by atoms with Gasteiger partial charge < -0.3 is 19.8 Å². The lowest BCUT2D eigenvalue weighted by Crippen LogP contribution is -2.42. The van der Waals surface area contributed by atoms with Crippen molar-refractivity contribution in [2.24, 2.45) is 29.6 Å². The molecule has 0 radical (unpaired) electrons. The van der Waals surface area contributed by atoms with Crippen LogP contribution in [0.2, 0.25) is 10.0 Å². The minimum Gasteiger partial charge on any atom is -0.483 e. The number of benzene rings is 3. The predicted molar refractivity (Wildman–Crippen MR) is 190 cm³/mol. The summed E-state index contributed by atoms with van der Waals surface area (Å²) in [5, 5.41) is 4.46. The highest BCUT2D eigenvalue weighted by Crippen LogP contribution is 2.69. The summed E-state index contributed by atoms with van der Waals surface area (Å²) >= 11 is 15.4. The van der Waals surface area contributed by atoms with E-state index in [-0.39, 0.29) is 58.8 Å². The fourth-order valence-corrected chi connectivity index (χ4v) is 11.5. The number of nitrogens with one attached hydrogen (secondary N) is 2. The second-order valence-electron chi connectivity index (χ2n) is 12.8. The lowest BCUT2D eigenvalue weighted by atomic mass is 9.68. The normalized spacial score (nSPS) is 26.0. The maximum atomic E-state index is 14.1. The predicted octanol–water partition coefficient (Wildman–Crippen LogP) is 6.62. The Morgan fingerprint density at radius 2 is 1.64 bits per heavy atom. The number of fused-ring (bicyclic) bond motifs is 9. The Bertz CT molecular complexity index is 2100. The number of rotatable bonds is 8. The van der Waals surface area contributed by atoms with Crippen LogP contribution in [0.3, 0.4) is 0 Å². The molecule has 2 aliphatic carbocycles. The fraction of sp³-hybridized carbons (Fsp3) is 0.306. The largest absolute Gasteiger partial charge is 0.483 e.